The standard InChI is InChI=1S/C54H52B2Br2F2N6O8/c1-31-21-39(57)17-11-34(31)23-41-44(52(68)64-72-28-33-9-15-38(16-10-33)56-73-53(2,3)54(4,5)74-56)26-46-50(48(41)60)62-30-66(46)20-19-36-22-40(58)18-12-35(36)24-42-43(25-45-49(47(42)59)61-29-65(45)6)51(67)63-71-27-32-7-13-37(14-8-32)55(69)70/h7-18,21-22,25-26,29-30,69-70H,19-20,23-24,27-28H2,1-6H3,(H,63,67)(H,64,68). The lowest BCUT2D eigenvalue weighted by atomic mass is 9.79. The summed E-state index contributed by atoms with van der Waals surface area (Å²) >= 11 is 7.11. The highest BCUT2D eigenvalue weighted by Crippen LogP contribution is 2.37. The van der Waals surface area contributed by atoms with Gasteiger partial charge in [0.1, 0.15) is 11.0 Å². The molecule has 0 spiro atoms. The number of carbonyl (C=O) groups excluding carboxylic acids is 2. The Bertz CT molecular complexity index is 3410. The number of halogens is 4. The van der Waals surface area contributed by atoms with Crippen molar-refractivity contribution in [3.63, 3.8) is 0 Å². The number of aromatic nitrogens is 4. The van der Waals surface area contributed by atoms with E-state index < -0.39 is 48.9 Å². The van der Waals surface area contributed by atoms with Gasteiger partial charge in [-0.1, -0.05) is 92.5 Å². The fraction of sp³-hybridized carbons (Fsp3) is 0.259. The number of benzene rings is 6. The zero-order valence-corrected chi connectivity index (χ0v) is 44.6. The minimum Gasteiger partial charge on any atom is -0.423 e. The monoisotopic (exact) mass is 1130 g/mol. The van der Waals surface area contributed by atoms with Crippen LogP contribution in [-0.4, -0.2) is 66.4 Å². The molecule has 8 aromatic rings. The molecule has 4 N–H and O–H groups in total. The largest absolute Gasteiger partial charge is 0.494 e. The van der Waals surface area contributed by atoms with Crippen molar-refractivity contribution in [2.45, 2.75) is 84.8 Å². The van der Waals surface area contributed by atoms with E-state index in [1.165, 1.54) is 24.8 Å². The highest BCUT2D eigenvalue weighted by Gasteiger charge is 2.51. The van der Waals surface area contributed by atoms with Crippen LogP contribution in [-0.2, 0) is 65.1 Å². The van der Waals surface area contributed by atoms with Crippen LogP contribution in [0.1, 0.15) is 92.9 Å². The number of imidazole rings is 2. The first-order valence-electron chi connectivity index (χ1n) is 23.8. The third-order valence-electron chi connectivity index (χ3n) is 13.9. The number of amides is 2. The molecule has 9 rings (SSSR count). The smallest absolute Gasteiger partial charge is 0.423 e. The maximum absolute atomic E-state index is 17.0. The number of hydrogen-bond donors (Lipinski definition) is 4. The van der Waals surface area contributed by atoms with E-state index in [2.05, 4.69) is 52.8 Å². The number of hydrogen-bond acceptors (Lipinski definition) is 10. The number of rotatable bonds is 17. The van der Waals surface area contributed by atoms with Gasteiger partial charge in [-0.05, 0) is 122 Å². The SMILES string of the molecule is Cc1cc(Br)ccc1Cc1c(C(=O)NOCc2ccc(B3OC(C)(C)C(C)(C)O3)cc2)cc2c(ncn2CCc2cc(Br)ccc2Cc2c(C(=O)NOCc3ccc(B(O)O)cc3)cc3c(ncn3C)c2F)c1F. The molecule has 0 aliphatic carbocycles. The van der Waals surface area contributed by atoms with E-state index in [9.17, 15) is 19.6 Å². The van der Waals surface area contributed by atoms with Crippen molar-refractivity contribution in [3.05, 3.63) is 186 Å². The maximum atomic E-state index is 17.0. The van der Waals surface area contributed by atoms with Crippen LogP contribution in [0.25, 0.3) is 22.1 Å². The van der Waals surface area contributed by atoms with Gasteiger partial charge in [-0.15, -0.1) is 0 Å². The molecule has 0 atom stereocenters. The van der Waals surface area contributed by atoms with E-state index in [1.54, 1.807) is 40.4 Å². The van der Waals surface area contributed by atoms with Gasteiger partial charge < -0.3 is 28.5 Å². The number of nitrogens with one attached hydrogen (secondary N) is 2. The first-order chi connectivity index (χ1) is 35.3. The van der Waals surface area contributed by atoms with Crippen molar-refractivity contribution in [2.75, 3.05) is 0 Å². The summed E-state index contributed by atoms with van der Waals surface area (Å²) in [7, 11) is -0.448. The zero-order chi connectivity index (χ0) is 52.6. The lowest BCUT2D eigenvalue weighted by Crippen LogP contribution is -2.41. The van der Waals surface area contributed by atoms with Gasteiger partial charge >= 0.3 is 14.2 Å². The lowest BCUT2D eigenvalue weighted by molar-refractivity contribution is 0.00578. The second-order valence-corrected chi connectivity index (χ2v) is 21.3. The summed E-state index contributed by atoms with van der Waals surface area (Å²) in [6, 6.07) is 28.4. The van der Waals surface area contributed by atoms with E-state index in [4.69, 9.17) is 19.0 Å². The van der Waals surface area contributed by atoms with E-state index in [-0.39, 0.29) is 65.9 Å². The Hall–Kier alpha value is -6.09. The second-order valence-electron chi connectivity index (χ2n) is 19.4. The Kier molecular flexibility index (Phi) is 15.4. The molecule has 20 heteroatoms. The van der Waals surface area contributed by atoms with E-state index >= 15 is 8.78 Å². The molecule has 6 aromatic carbocycles. The van der Waals surface area contributed by atoms with Crippen LogP contribution in [0.4, 0.5) is 8.78 Å². The Labute approximate surface area is 443 Å². The van der Waals surface area contributed by atoms with Gasteiger partial charge in [0.2, 0.25) is 0 Å². The van der Waals surface area contributed by atoms with Crippen LogP contribution >= 0.6 is 31.9 Å². The summed E-state index contributed by atoms with van der Waals surface area (Å²) in [4.78, 5) is 48.1. The Morgan fingerprint density at radius 2 is 1.22 bits per heavy atom. The van der Waals surface area contributed by atoms with Gasteiger partial charge in [0.15, 0.2) is 11.6 Å². The molecule has 3 heterocycles. The number of aryl methyl sites for hydroxylation is 4. The van der Waals surface area contributed by atoms with Crippen LogP contribution < -0.4 is 21.9 Å². The van der Waals surface area contributed by atoms with Crippen molar-refractivity contribution in [3.8, 4) is 0 Å². The third-order valence-corrected chi connectivity index (χ3v) is 14.9. The molecule has 380 valence electrons. The molecular weight excluding hydrogens is 1080 g/mol. The molecular formula is C54H52B2Br2F2N6O8. The molecule has 1 aliphatic rings. The Balaban J connectivity index is 0.959. The summed E-state index contributed by atoms with van der Waals surface area (Å²) in [6.45, 7) is 10.2. The molecule has 74 heavy (non-hydrogen) atoms. The molecule has 1 aliphatic heterocycles. The molecule has 0 unspecified atom stereocenters. The normalized spacial score (nSPS) is 14.0. The van der Waals surface area contributed by atoms with Crippen molar-refractivity contribution >= 4 is 90.9 Å². The van der Waals surface area contributed by atoms with Crippen LogP contribution in [0.2, 0.25) is 0 Å². The number of fused-ring (bicyclic) bond motifs is 2. The van der Waals surface area contributed by atoms with E-state index in [1.807, 2.05) is 95.3 Å². The Morgan fingerprint density at radius 3 is 1.80 bits per heavy atom. The third kappa shape index (κ3) is 11.1. The lowest BCUT2D eigenvalue weighted by Gasteiger charge is -2.32. The highest BCUT2D eigenvalue weighted by molar-refractivity contribution is 9.10. The topological polar surface area (TPSA) is 171 Å². The summed E-state index contributed by atoms with van der Waals surface area (Å²) in [5.41, 5.74) is 11.2. The summed E-state index contributed by atoms with van der Waals surface area (Å²) in [5.74, 6) is -2.61. The summed E-state index contributed by atoms with van der Waals surface area (Å²) in [5, 5.41) is 18.9. The number of hydroxylamine groups is 2. The average Bonchev–Trinajstić information content (AvgIpc) is 4.03. The first kappa shape index (κ1) is 52.8. The molecule has 1 saturated heterocycles. The van der Waals surface area contributed by atoms with E-state index in [0.717, 1.165) is 36.7 Å². The second kappa shape index (κ2) is 21.6. The predicted molar refractivity (Wildman–Crippen MR) is 286 cm³/mol. The zero-order valence-electron chi connectivity index (χ0n) is 41.4. The minimum absolute atomic E-state index is 0.00129. The average molecular weight is 1130 g/mol. The van der Waals surface area contributed by atoms with Gasteiger partial charge in [-0.25, -0.2) is 29.7 Å². The highest BCUT2D eigenvalue weighted by atomic mass is 79.9. The molecule has 1 fully saturated rings. The fourth-order valence-electron chi connectivity index (χ4n) is 8.89. The molecule has 14 nitrogen and oxygen atoms in total. The molecule has 2 amide bonds. The molecule has 0 saturated carbocycles. The van der Waals surface area contributed by atoms with Crippen molar-refractivity contribution in [2.24, 2.45) is 7.05 Å². The van der Waals surface area contributed by atoms with Gasteiger partial charge in [0.05, 0.1) is 59.2 Å². The van der Waals surface area contributed by atoms with Gasteiger partial charge in [0.25, 0.3) is 11.8 Å². The van der Waals surface area contributed by atoms with Crippen LogP contribution in [0, 0.1) is 18.6 Å². The molecule has 0 radical (unpaired) electrons. The first-order valence-corrected chi connectivity index (χ1v) is 25.4. The van der Waals surface area contributed by atoms with Crippen LogP contribution in [0.5, 0.6) is 0 Å². The number of carbonyl (C=O) groups is 2. The Morgan fingerprint density at radius 1 is 0.703 bits per heavy atom. The van der Waals surface area contributed by atoms with E-state index in [0.29, 0.717) is 34.0 Å². The molecule has 2 aromatic heterocycles. The van der Waals surface area contributed by atoms with Gasteiger partial charge in [0, 0.05) is 46.5 Å². The van der Waals surface area contributed by atoms with Crippen molar-refractivity contribution in [1.82, 2.24) is 30.1 Å². The van der Waals surface area contributed by atoms with Crippen molar-refractivity contribution < 1.29 is 47.4 Å². The quantitative estimate of drug-likeness (QED) is 0.0516. The van der Waals surface area contributed by atoms with Gasteiger partial charge in [-0.2, -0.15) is 0 Å². The predicted octanol–water partition coefficient (Wildman–Crippen LogP) is 8.16. The minimum atomic E-state index is -1.62. The summed E-state index contributed by atoms with van der Waals surface area (Å²) in [6.07, 6.45) is 3.48. The van der Waals surface area contributed by atoms with Crippen LogP contribution in [0.3, 0.4) is 0 Å². The van der Waals surface area contributed by atoms with Crippen LogP contribution in [0.15, 0.2) is 119 Å². The van der Waals surface area contributed by atoms with Gasteiger partial charge in [-0.3, -0.25) is 19.3 Å². The maximum Gasteiger partial charge on any atom is 0.494 e. The summed E-state index contributed by atoms with van der Waals surface area (Å²) < 4.78 is 51.1. The van der Waals surface area contributed by atoms with Crippen molar-refractivity contribution in [1.29, 1.82) is 0 Å². The number of nitrogens with zero attached hydrogens (tertiary/aromatic N) is 4. The molecule has 0 bridgehead atoms. The fourth-order valence-corrected chi connectivity index (χ4v) is 9.77.